The van der Waals surface area contributed by atoms with E-state index in [2.05, 4.69) is 11.4 Å². The van der Waals surface area contributed by atoms with Crippen LogP contribution in [0.5, 0.6) is 0 Å². The Morgan fingerprint density at radius 2 is 1.74 bits per heavy atom. The minimum Gasteiger partial charge on any atom is -0.398 e. The number of piperidine rings is 1. The number of urea groups is 1. The molecule has 0 spiro atoms. The summed E-state index contributed by atoms with van der Waals surface area (Å²) in [5.74, 6) is 0.417. The zero-order chi connectivity index (χ0) is 16.2. The normalized spacial score (nSPS) is 15.4. The van der Waals surface area contributed by atoms with Crippen LogP contribution in [-0.4, -0.2) is 24.0 Å². The molecule has 1 aliphatic rings. The second-order valence-electron chi connectivity index (χ2n) is 5.80. The molecule has 0 atom stereocenters. The molecule has 0 radical (unpaired) electrons. The van der Waals surface area contributed by atoms with Gasteiger partial charge in [0.2, 0.25) is 0 Å². The van der Waals surface area contributed by atoms with Crippen LogP contribution in [0.3, 0.4) is 0 Å². The molecule has 1 aliphatic heterocycles. The van der Waals surface area contributed by atoms with E-state index in [0.717, 1.165) is 31.6 Å². The van der Waals surface area contributed by atoms with E-state index in [1.807, 2.05) is 35.2 Å². The third-order valence-electron chi connectivity index (χ3n) is 4.33. The average Bonchev–Trinajstić information content (AvgIpc) is 2.57. The largest absolute Gasteiger partial charge is 0.398 e. The number of halogens is 1. The van der Waals surface area contributed by atoms with Crippen molar-refractivity contribution in [3.05, 3.63) is 59.1 Å². The van der Waals surface area contributed by atoms with Crippen LogP contribution >= 0.6 is 11.6 Å². The van der Waals surface area contributed by atoms with Crippen molar-refractivity contribution < 1.29 is 4.79 Å². The van der Waals surface area contributed by atoms with Crippen LogP contribution in [0.25, 0.3) is 0 Å². The number of anilines is 2. The van der Waals surface area contributed by atoms with Crippen LogP contribution < -0.4 is 11.1 Å². The number of likely N-dealkylation sites (tertiary alicyclic amines) is 1. The first-order valence-electron chi connectivity index (χ1n) is 7.80. The molecular formula is C18H20ClN3O. The smallest absolute Gasteiger partial charge is 0.321 e. The second-order valence-corrected chi connectivity index (χ2v) is 6.21. The Balaban J connectivity index is 1.60. The molecule has 1 saturated heterocycles. The fourth-order valence-corrected chi connectivity index (χ4v) is 3.22. The Morgan fingerprint density at radius 3 is 2.43 bits per heavy atom. The third-order valence-corrected chi connectivity index (χ3v) is 4.66. The maximum absolute atomic E-state index is 12.4. The number of rotatable bonds is 2. The molecule has 23 heavy (non-hydrogen) atoms. The molecule has 5 heteroatoms. The number of carbonyl (C=O) groups excluding carboxylic acids is 1. The monoisotopic (exact) mass is 329 g/mol. The van der Waals surface area contributed by atoms with Gasteiger partial charge in [0, 0.05) is 18.8 Å². The van der Waals surface area contributed by atoms with Crippen molar-refractivity contribution in [3.8, 4) is 0 Å². The first-order chi connectivity index (χ1) is 11.1. The Bertz CT molecular complexity index is 696. The summed E-state index contributed by atoms with van der Waals surface area (Å²) in [4.78, 5) is 14.2. The zero-order valence-electron chi connectivity index (χ0n) is 12.8. The lowest BCUT2D eigenvalue weighted by molar-refractivity contribution is 0.194. The predicted molar refractivity (Wildman–Crippen MR) is 94.9 cm³/mol. The van der Waals surface area contributed by atoms with E-state index in [1.54, 1.807) is 12.1 Å². The summed E-state index contributed by atoms with van der Waals surface area (Å²) in [6, 6.07) is 15.1. The molecule has 0 bridgehead atoms. The van der Waals surface area contributed by atoms with E-state index in [9.17, 15) is 4.79 Å². The van der Waals surface area contributed by atoms with Crippen LogP contribution in [0.15, 0.2) is 48.5 Å². The minimum absolute atomic E-state index is 0.0995. The zero-order valence-corrected chi connectivity index (χ0v) is 13.6. The first-order valence-corrected chi connectivity index (χ1v) is 8.18. The van der Waals surface area contributed by atoms with Crippen LogP contribution in [0.1, 0.15) is 24.3 Å². The lowest BCUT2D eigenvalue weighted by Crippen LogP contribution is -2.40. The summed E-state index contributed by atoms with van der Waals surface area (Å²) in [7, 11) is 0. The van der Waals surface area contributed by atoms with E-state index < -0.39 is 0 Å². The topological polar surface area (TPSA) is 58.4 Å². The summed E-state index contributed by atoms with van der Waals surface area (Å²) >= 11 is 6.08. The lowest BCUT2D eigenvalue weighted by Gasteiger charge is -2.32. The van der Waals surface area contributed by atoms with Gasteiger partial charge >= 0.3 is 6.03 Å². The van der Waals surface area contributed by atoms with Crippen LogP contribution in [-0.2, 0) is 0 Å². The van der Waals surface area contributed by atoms with Gasteiger partial charge < -0.3 is 16.0 Å². The molecule has 2 aromatic rings. The third kappa shape index (κ3) is 3.59. The summed E-state index contributed by atoms with van der Waals surface area (Å²) in [5, 5.41) is 3.43. The SMILES string of the molecule is Nc1ccccc1C1CCN(C(=O)Nc2ccccc2Cl)CC1. The molecule has 3 N–H and O–H groups in total. The highest BCUT2D eigenvalue weighted by Crippen LogP contribution is 2.31. The van der Waals surface area contributed by atoms with Gasteiger partial charge in [0.15, 0.2) is 0 Å². The Labute approximate surface area is 141 Å². The predicted octanol–water partition coefficient (Wildman–Crippen LogP) is 4.33. The number of hydrogen-bond donors (Lipinski definition) is 2. The molecule has 120 valence electrons. The Hall–Kier alpha value is -2.20. The molecule has 3 rings (SSSR count). The van der Waals surface area contributed by atoms with E-state index in [-0.39, 0.29) is 6.03 Å². The van der Waals surface area contributed by atoms with Crippen LogP contribution in [0.2, 0.25) is 5.02 Å². The summed E-state index contributed by atoms with van der Waals surface area (Å²) in [6.07, 6.45) is 1.84. The minimum atomic E-state index is -0.0995. The molecular weight excluding hydrogens is 310 g/mol. The van der Waals surface area contributed by atoms with E-state index in [4.69, 9.17) is 17.3 Å². The Morgan fingerprint density at radius 1 is 1.09 bits per heavy atom. The van der Waals surface area contributed by atoms with E-state index in [0.29, 0.717) is 16.6 Å². The number of carbonyl (C=O) groups is 1. The number of amides is 2. The second kappa shape index (κ2) is 6.92. The Kier molecular flexibility index (Phi) is 4.72. The maximum Gasteiger partial charge on any atom is 0.321 e. The van der Waals surface area contributed by atoms with Gasteiger partial charge in [-0.15, -0.1) is 0 Å². The molecule has 0 aromatic heterocycles. The number of nitrogens with zero attached hydrogens (tertiary/aromatic N) is 1. The highest BCUT2D eigenvalue weighted by Gasteiger charge is 2.25. The summed E-state index contributed by atoms with van der Waals surface area (Å²) in [5.41, 5.74) is 8.74. The molecule has 0 aliphatic carbocycles. The van der Waals surface area contributed by atoms with Gasteiger partial charge in [-0.25, -0.2) is 4.79 Å². The van der Waals surface area contributed by atoms with Gasteiger partial charge in [-0.05, 0) is 42.5 Å². The number of hydrogen-bond acceptors (Lipinski definition) is 2. The number of nitrogens with one attached hydrogen (secondary N) is 1. The average molecular weight is 330 g/mol. The number of nitrogen functional groups attached to an aromatic ring is 1. The molecule has 1 fully saturated rings. The molecule has 2 aromatic carbocycles. The van der Waals surface area contributed by atoms with Gasteiger partial charge in [-0.3, -0.25) is 0 Å². The molecule has 2 amide bonds. The van der Waals surface area contributed by atoms with Crippen LogP contribution in [0.4, 0.5) is 16.2 Å². The maximum atomic E-state index is 12.4. The van der Waals surface area contributed by atoms with Crippen molar-refractivity contribution in [3.63, 3.8) is 0 Å². The van der Waals surface area contributed by atoms with Crippen molar-refractivity contribution in [1.29, 1.82) is 0 Å². The van der Waals surface area contributed by atoms with Crippen molar-refractivity contribution in [2.45, 2.75) is 18.8 Å². The van der Waals surface area contributed by atoms with E-state index in [1.165, 1.54) is 5.56 Å². The standard InChI is InChI=1S/C18H20ClN3O/c19-15-6-2-4-8-17(15)21-18(23)22-11-9-13(10-12-22)14-5-1-3-7-16(14)20/h1-8,13H,9-12,20H2,(H,21,23). The molecule has 0 unspecified atom stereocenters. The highest BCUT2D eigenvalue weighted by atomic mass is 35.5. The van der Waals surface area contributed by atoms with Crippen LogP contribution in [0, 0.1) is 0 Å². The number of para-hydroxylation sites is 2. The fourth-order valence-electron chi connectivity index (χ4n) is 3.03. The molecule has 4 nitrogen and oxygen atoms in total. The number of benzene rings is 2. The van der Waals surface area contributed by atoms with Crippen molar-refractivity contribution in [2.24, 2.45) is 0 Å². The van der Waals surface area contributed by atoms with Gasteiger partial charge in [-0.1, -0.05) is 41.9 Å². The first kappa shape index (κ1) is 15.7. The molecule has 0 saturated carbocycles. The number of nitrogens with two attached hydrogens (primary N) is 1. The summed E-state index contributed by atoms with van der Waals surface area (Å²) in [6.45, 7) is 1.44. The van der Waals surface area contributed by atoms with E-state index >= 15 is 0 Å². The van der Waals surface area contributed by atoms with Crippen molar-refractivity contribution in [2.75, 3.05) is 24.1 Å². The van der Waals surface area contributed by atoms with Crippen molar-refractivity contribution in [1.82, 2.24) is 4.90 Å². The molecule has 1 heterocycles. The highest BCUT2D eigenvalue weighted by molar-refractivity contribution is 6.33. The summed E-state index contributed by atoms with van der Waals surface area (Å²) < 4.78 is 0. The lowest BCUT2D eigenvalue weighted by atomic mass is 9.88. The van der Waals surface area contributed by atoms with Gasteiger partial charge in [0.25, 0.3) is 0 Å². The van der Waals surface area contributed by atoms with Gasteiger partial charge in [0.05, 0.1) is 10.7 Å². The van der Waals surface area contributed by atoms with Gasteiger partial charge in [-0.2, -0.15) is 0 Å². The van der Waals surface area contributed by atoms with Crippen molar-refractivity contribution >= 4 is 29.0 Å². The fraction of sp³-hybridized carbons (Fsp3) is 0.278. The quantitative estimate of drug-likeness (QED) is 0.805. The van der Waals surface area contributed by atoms with Gasteiger partial charge in [0.1, 0.15) is 0 Å².